The van der Waals surface area contributed by atoms with Gasteiger partial charge in [0.1, 0.15) is 23.2 Å². The van der Waals surface area contributed by atoms with Gasteiger partial charge in [-0.3, -0.25) is 9.78 Å². The van der Waals surface area contributed by atoms with E-state index in [1.165, 1.54) is 25.3 Å². The quantitative estimate of drug-likeness (QED) is 0.455. The number of nitrogens with zero attached hydrogens (tertiary/aromatic N) is 3. The van der Waals surface area contributed by atoms with Crippen molar-refractivity contribution in [2.75, 3.05) is 22.9 Å². The van der Waals surface area contributed by atoms with Gasteiger partial charge in [0.2, 0.25) is 0 Å². The Kier molecular flexibility index (Phi) is 4.72. The minimum Gasteiger partial charge on any atom is -0.478 e. The van der Waals surface area contributed by atoms with E-state index in [4.69, 9.17) is 9.15 Å². The van der Waals surface area contributed by atoms with Gasteiger partial charge in [-0.1, -0.05) is 12.1 Å². The average Bonchev–Trinajstić information content (AvgIpc) is 3.61. The predicted molar refractivity (Wildman–Crippen MR) is 126 cm³/mol. The summed E-state index contributed by atoms with van der Waals surface area (Å²) in [5.41, 5.74) is 2.84. The molecule has 6 rings (SSSR count). The van der Waals surface area contributed by atoms with Crippen LogP contribution < -0.4 is 14.5 Å². The maximum atomic E-state index is 13.7. The van der Waals surface area contributed by atoms with Crippen molar-refractivity contribution < 1.29 is 23.8 Å². The number of pyridine rings is 1. The number of carboxylic acids is 1. The number of carbonyl (C=O) groups excluding carboxylic acids is 1. The van der Waals surface area contributed by atoms with Crippen molar-refractivity contribution in [1.82, 2.24) is 4.98 Å². The molecule has 1 aliphatic carbocycles. The molecule has 0 saturated heterocycles. The minimum absolute atomic E-state index is 0.0491. The lowest BCUT2D eigenvalue weighted by molar-refractivity contribution is 0.0697. The molecule has 3 heterocycles. The Bertz CT molecular complexity index is 1420. The number of anilines is 2. The summed E-state index contributed by atoms with van der Waals surface area (Å²) in [6, 6.07) is 15.1. The monoisotopic (exact) mass is 455 g/mol. The van der Waals surface area contributed by atoms with Gasteiger partial charge in [0, 0.05) is 30.7 Å². The average molecular weight is 455 g/mol. The molecule has 1 aliphatic heterocycles. The van der Waals surface area contributed by atoms with Crippen LogP contribution in [-0.4, -0.2) is 41.1 Å². The molecular formula is C26H21N3O5. The Balaban J connectivity index is 1.33. The SMILES string of the molecule is O=C(O)c1coc2ccc(Oc3cnccc3C(=O)N3CCN(C4CC4)c4ccccc43)cc12. The van der Waals surface area contributed by atoms with Gasteiger partial charge in [-0.15, -0.1) is 0 Å². The minimum atomic E-state index is -1.09. The lowest BCUT2D eigenvalue weighted by Gasteiger charge is -2.38. The van der Waals surface area contributed by atoms with Crippen LogP contribution in [0.4, 0.5) is 11.4 Å². The Hall–Kier alpha value is -4.33. The smallest absolute Gasteiger partial charge is 0.339 e. The number of rotatable bonds is 5. The predicted octanol–water partition coefficient (Wildman–Crippen LogP) is 4.95. The fourth-order valence-electron chi connectivity index (χ4n) is 4.51. The van der Waals surface area contributed by atoms with E-state index in [2.05, 4.69) is 16.0 Å². The molecule has 8 heteroatoms. The molecule has 2 aliphatic rings. The molecule has 0 bridgehead atoms. The molecular weight excluding hydrogens is 434 g/mol. The highest BCUT2D eigenvalue weighted by Crippen LogP contribution is 2.41. The molecule has 8 nitrogen and oxygen atoms in total. The number of carbonyl (C=O) groups is 2. The first-order chi connectivity index (χ1) is 16.6. The van der Waals surface area contributed by atoms with Crippen LogP contribution in [0.2, 0.25) is 0 Å². The van der Waals surface area contributed by atoms with Crippen molar-refractivity contribution in [2.45, 2.75) is 18.9 Å². The van der Waals surface area contributed by atoms with Crippen LogP contribution in [0.15, 0.2) is 71.6 Å². The van der Waals surface area contributed by atoms with Gasteiger partial charge in [-0.25, -0.2) is 4.79 Å². The molecule has 0 radical (unpaired) electrons. The van der Waals surface area contributed by atoms with E-state index in [0.717, 1.165) is 17.9 Å². The number of para-hydroxylation sites is 2. The van der Waals surface area contributed by atoms with Gasteiger partial charge in [0.25, 0.3) is 5.91 Å². The highest BCUT2D eigenvalue weighted by atomic mass is 16.5. The van der Waals surface area contributed by atoms with Gasteiger partial charge in [-0.2, -0.15) is 0 Å². The Morgan fingerprint density at radius 3 is 2.65 bits per heavy atom. The molecule has 0 atom stereocenters. The largest absolute Gasteiger partial charge is 0.478 e. The molecule has 1 fully saturated rings. The van der Waals surface area contributed by atoms with Gasteiger partial charge in [-0.05, 0) is 49.2 Å². The lowest BCUT2D eigenvalue weighted by atomic mass is 10.1. The zero-order chi connectivity index (χ0) is 23.2. The fraction of sp³-hybridized carbons (Fsp3) is 0.192. The summed E-state index contributed by atoms with van der Waals surface area (Å²) in [6.07, 6.45) is 6.64. The second-order valence-corrected chi connectivity index (χ2v) is 8.46. The maximum Gasteiger partial charge on any atom is 0.339 e. The number of benzene rings is 2. The number of amides is 1. The van der Waals surface area contributed by atoms with Crippen molar-refractivity contribution in [3.8, 4) is 11.5 Å². The third kappa shape index (κ3) is 3.44. The van der Waals surface area contributed by atoms with Crippen molar-refractivity contribution in [3.05, 3.63) is 78.3 Å². The highest BCUT2D eigenvalue weighted by Gasteiger charge is 2.36. The molecule has 2 aromatic carbocycles. The topological polar surface area (TPSA) is 96.1 Å². The molecule has 34 heavy (non-hydrogen) atoms. The zero-order valence-electron chi connectivity index (χ0n) is 18.2. The van der Waals surface area contributed by atoms with E-state index < -0.39 is 5.97 Å². The van der Waals surface area contributed by atoms with Crippen LogP contribution in [0.5, 0.6) is 11.5 Å². The molecule has 4 aromatic rings. The summed E-state index contributed by atoms with van der Waals surface area (Å²) in [5.74, 6) is -0.570. The molecule has 170 valence electrons. The van der Waals surface area contributed by atoms with Crippen LogP contribution in [-0.2, 0) is 0 Å². The second kappa shape index (κ2) is 7.91. The molecule has 1 amide bonds. The number of fused-ring (bicyclic) bond motifs is 2. The number of aromatic carboxylic acids is 1. The number of furan rings is 1. The highest BCUT2D eigenvalue weighted by molar-refractivity contribution is 6.10. The Labute approximate surface area is 195 Å². The summed E-state index contributed by atoms with van der Waals surface area (Å²) in [4.78, 5) is 33.5. The summed E-state index contributed by atoms with van der Waals surface area (Å²) in [6.45, 7) is 1.36. The van der Waals surface area contributed by atoms with Crippen molar-refractivity contribution in [1.29, 1.82) is 0 Å². The van der Waals surface area contributed by atoms with E-state index in [0.29, 0.717) is 40.6 Å². The third-order valence-corrected chi connectivity index (χ3v) is 6.30. The van der Waals surface area contributed by atoms with Crippen LogP contribution in [0.1, 0.15) is 33.6 Å². The van der Waals surface area contributed by atoms with Crippen molar-refractivity contribution in [3.63, 3.8) is 0 Å². The number of hydrogen-bond acceptors (Lipinski definition) is 6. The lowest BCUT2D eigenvalue weighted by Crippen LogP contribution is -2.45. The third-order valence-electron chi connectivity index (χ3n) is 6.30. The summed E-state index contributed by atoms with van der Waals surface area (Å²) in [5, 5.41) is 9.81. The summed E-state index contributed by atoms with van der Waals surface area (Å²) >= 11 is 0. The van der Waals surface area contributed by atoms with Crippen LogP contribution >= 0.6 is 0 Å². The first-order valence-corrected chi connectivity index (χ1v) is 11.1. The van der Waals surface area contributed by atoms with E-state index in [-0.39, 0.29) is 11.5 Å². The normalized spacial score (nSPS) is 15.3. The van der Waals surface area contributed by atoms with Crippen LogP contribution in [0.3, 0.4) is 0 Å². The van der Waals surface area contributed by atoms with Crippen molar-refractivity contribution in [2.24, 2.45) is 0 Å². The van der Waals surface area contributed by atoms with E-state index in [1.54, 1.807) is 35.4 Å². The molecule has 0 unspecified atom stereocenters. The zero-order valence-corrected chi connectivity index (χ0v) is 18.2. The number of aromatic nitrogens is 1. The Morgan fingerprint density at radius 1 is 1.03 bits per heavy atom. The van der Waals surface area contributed by atoms with Gasteiger partial charge in [0.05, 0.1) is 23.1 Å². The first kappa shape index (κ1) is 20.3. The van der Waals surface area contributed by atoms with Gasteiger partial charge < -0.3 is 24.1 Å². The fourth-order valence-corrected chi connectivity index (χ4v) is 4.51. The molecule has 1 saturated carbocycles. The Morgan fingerprint density at radius 2 is 1.85 bits per heavy atom. The number of ether oxygens (including phenoxy) is 1. The van der Waals surface area contributed by atoms with Crippen LogP contribution in [0, 0.1) is 0 Å². The van der Waals surface area contributed by atoms with E-state index in [1.807, 2.05) is 18.2 Å². The standard InChI is InChI=1S/C26H21N3O5/c30-25(29-12-11-28(16-5-6-16)21-3-1-2-4-22(21)29)18-9-10-27-14-24(18)34-17-7-8-23-19(13-17)20(15-33-23)26(31)32/h1-4,7-10,13-16H,5-6,11-12H2,(H,31,32). The molecule has 2 aromatic heterocycles. The molecule has 0 spiro atoms. The van der Waals surface area contributed by atoms with Crippen molar-refractivity contribution >= 4 is 34.2 Å². The summed E-state index contributed by atoms with van der Waals surface area (Å²) < 4.78 is 11.3. The first-order valence-electron chi connectivity index (χ1n) is 11.1. The second-order valence-electron chi connectivity index (χ2n) is 8.46. The van der Waals surface area contributed by atoms with E-state index in [9.17, 15) is 14.7 Å². The van der Waals surface area contributed by atoms with Gasteiger partial charge >= 0.3 is 5.97 Å². The van der Waals surface area contributed by atoms with Gasteiger partial charge in [0.15, 0.2) is 5.75 Å². The number of hydrogen-bond donors (Lipinski definition) is 1. The molecule has 1 N–H and O–H groups in total. The van der Waals surface area contributed by atoms with Crippen LogP contribution in [0.25, 0.3) is 11.0 Å². The number of carboxylic acid groups (broad SMARTS) is 1. The summed E-state index contributed by atoms with van der Waals surface area (Å²) in [7, 11) is 0. The maximum absolute atomic E-state index is 13.7. The van der Waals surface area contributed by atoms with E-state index >= 15 is 0 Å².